The average Bonchev–Trinajstić information content (AvgIpc) is 3.73. The van der Waals surface area contributed by atoms with Gasteiger partial charge in [-0.3, -0.25) is 0 Å². The molecule has 0 amide bonds. The van der Waals surface area contributed by atoms with E-state index in [9.17, 15) is 0 Å². The van der Waals surface area contributed by atoms with Crippen LogP contribution in [0.1, 0.15) is 25.0 Å². The Morgan fingerprint density at radius 2 is 0.983 bits per heavy atom. The van der Waals surface area contributed by atoms with E-state index >= 15 is 0 Å². The Morgan fingerprint density at radius 3 is 1.84 bits per heavy atom. The summed E-state index contributed by atoms with van der Waals surface area (Å²) in [5.41, 5.74) is 16.5. The number of hydrogen-bond donors (Lipinski definition) is 0. The van der Waals surface area contributed by atoms with Crippen LogP contribution in [0.5, 0.6) is 0 Å². The fourth-order valence-electron chi connectivity index (χ4n) is 10.0. The van der Waals surface area contributed by atoms with Crippen molar-refractivity contribution in [3.8, 4) is 50.2 Å². The molecule has 0 bridgehead atoms. The summed E-state index contributed by atoms with van der Waals surface area (Å²) in [6.45, 7) is 4.77. The minimum absolute atomic E-state index is 0.0985. The van der Waals surface area contributed by atoms with Crippen molar-refractivity contribution in [2.75, 3.05) is 0 Å². The molecule has 1 aliphatic rings. The number of nitrogens with zero attached hydrogens (tertiary/aromatic N) is 1. The Hall–Kier alpha value is -7.22. The SMILES string of the molecule is CC1(C)c2ccc(-c3cccc4ccccc34)cc2-c2c1ccc1cc3ccc(-n4c5ccccc5c5cc(-c6ccc(-c7ccccc7)cc6)ccc54)cc3cc21. The number of rotatable bonds is 4. The van der Waals surface area contributed by atoms with Gasteiger partial charge in [0.15, 0.2) is 0 Å². The molecule has 0 atom stereocenters. The van der Waals surface area contributed by atoms with Gasteiger partial charge in [-0.1, -0.05) is 166 Å². The Kier molecular flexibility index (Phi) is 7.04. The second-order valence-electron chi connectivity index (χ2n) is 16.5. The molecule has 10 aromatic carbocycles. The van der Waals surface area contributed by atoms with Crippen LogP contribution in [0.25, 0.3) is 104 Å². The van der Waals surface area contributed by atoms with E-state index in [1.165, 1.54) is 115 Å². The summed E-state index contributed by atoms with van der Waals surface area (Å²) in [5.74, 6) is 0. The molecule has 12 rings (SSSR count). The summed E-state index contributed by atoms with van der Waals surface area (Å²) >= 11 is 0. The lowest BCUT2D eigenvalue weighted by Crippen LogP contribution is -2.14. The Morgan fingerprint density at radius 1 is 0.328 bits per heavy atom. The van der Waals surface area contributed by atoms with Crippen LogP contribution in [0.3, 0.4) is 0 Å². The first-order chi connectivity index (χ1) is 28.5. The molecule has 0 fully saturated rings. The highest BCUT2D eigenvalue weighted by molar-refractivity contribution is 6.12. The van der Waals surface area contributed by atoms with Gasteiger partial charge in [-0.05, 0) is 136 Å². The van der Waals surface area contributed by atoms with Crippen LogP contribution in [0.15, 0.2) is 200 Å². The van der Waals surface area contributed by atoms with E-state index < -0.39 is 0 Å². The number of para-hydroxylation sites is 1. The Balaban J connectivity index is 1.00. The summed E-state index contributed by atoms with van der Waals surface area (Å²) in [4.78, 5) is 0. The van der Waals surface area contributed by atoms with Crippen LogP contribution in [-0.2, 0) is 5.41 Å². The van der Waals surface area contributed by atoms with Crippen molar-refractivity contribution < 1.29 is 0 Å². The van der Waals surface area contributed by atoms with Crippen molar-refractivity contribution in [3.05, 3.63) is 211 Å². The monoisotopic (exact) mass is 737 g/mol. The highest BCUT2D eigenvalue weighted by Gasteiger charge is 2.36. The smallest absolute Gasteiger partial charge is 0.0541 e. The lowest BCUT2D eigenvalue weighted by atomic mass is 9.81. The van der Waals surface area contributed by atoms with Gasteiger partial charge in [0.1, 0.15) is 0 Å². The van der Waals surface area contributed by atoms with Gasteiger partial charge < -0.3 is 4.57 Å². The van der Waals surface area contributed by atoms with E-state index in [0.717, 1.165) is 0 Å². The standard InChI is InChI=1S/C57H39N/c1-57(2)52-28-24-43(47-17-10-14-39-13-6-7-15-46(39)47)34-51(52)56-49-35-44-32-45(27-23-40(44)31-42(49)25-29-53(56)57)58-54-18-9-8-16-48(54)50-33-41(26-30-55(50)58)38-21-19-37(20-22-38)36-11-4-3-5-12-36/h3-35H,1-2H3. The summed E-state index contributed by atoms with van der Waals surface area (Å²) in [7, 11) is 0. The number of aromatic nitrogens is 1. The zero-order chi connectivity index (χ0) is 38.5. The van der Waals surface area contributed by atoms with Gasteiger partial charge in [0.05, 0.1) is 11.0 Å². The van der Waals surface area contributed by atoms with E-state index in [4.69, 9.17) is 0 Å². The third kappa shape index (κ3) is 4.90. The fraction of sp³-hybridized carbons (Fsp3) is 0.0526. The number of benzene rings is 10. The summed E-state index contributed by atoms with van der Waals surface area (Å²) in [6, 6.07) is 74.4. The van der Waals surface area contributed by atoms with Gasteiger partial charge in [-0.2, -0.15) is 0 Å². The molecular weight excluding hydrogens is 699 g/mol. The third-order valence-corrected chi connectivity index (χ3v) is 13.0. The van der Waals surface area contributed by atoms with Crippen LogP contribution in [0.2, 0.25) is 0 Å². The summed E-state index contributed by atoms with van der Waals surface area (Å²) in [6.07, 6.45) is 0. The molecule has 11 aromatic rings. The lowest BCUT2D eigenvalue weighted by Gasteiger charge is -2.22. The first-order valence-electron chi connectivity index (χ1n) is 20.3. The van der Waals surface area contributed by atoms with Gasteiger partial charge in [0.25, 0.3) is 0 Å². The molecule has 1 heteroatoms. The van der Waals surface area contributed by atoms with E-state index in [1.54, 1.807) is 0 Å². The zero-order valence-corrected chi connectivity index (χ0v) is 32.5. The molecule has 0 N–H and O–H groups in total. The van der Waals surface area contributed by atoms with Gasteiger partial charge in [-0.15, -0.1) is 0 Å². The minimum Gasteiger partial charge on any atom is -0.309 e. The molecule has 1 aromatic heterocycles. The first kappa shape index (κ1) is 33.0. The molecule has 1 nitrogen and oxygen atoms in total. The minimum atomic E-state index is -0.0985. The van der Waals surface area contributed by atoms with Crippen molar-refractivity contribution in [2.24, 2.45) is 0 Å². The molecule has 0 saturated carbocycles. The highest BCUT2D eigenvalue weighted by Crippen LogP contribution is 2.53. The molecule has 0 unspecified atom stereocenters. The molecular formula is C57H39N. The van der Waals surface area contributed by atoms with Crippen LogP contribution in [-0.4, -0.2) is 4.57 Å². The molecule has 0 aliphatic heterocycles. The molecule has 272 valence electrons. The van der Waals surface area contributed by atoms with Crippen LogP contribution < -0.4 is 0 Å². The van der Waals surface area contributed by atoms with Crippen molar-refractivity contribution in [2.45, 2.75) is 19.3 Å². The second kappa shape index (κ2) is 12.4. The maximum absolute atomic E-state index is 2.45. The van der Waals surface area contributed by atoms with Gasteiger partial charge >= 0.3 is 0 Å². The zero-order valence-electron chi connectivity index (χ0n) is 32.5. The molecule has 0 saturated heterocycles. The first-order valence-corrected chi connectivity index (χ1v) is 20.3. The number of fused-ring (bicyclic) bond motifs is 10. The average molecular weight is 738 g/mol. The van der Waals surface area contributed by atoms with Crippen LogP contribution in [0.4, 0.5) is 0 Å². The van der Waals surface area contributed by atoms with E-state index in [-0.39, 0.29) is 5.41 Å². The van der Waals surface area contributed by atoms with Crippen molar-refractivity contribution in [1.29, 1.82) is 0 Å². The normalized spacial score (nSPS) is 13.1. The topological polar surface area (TPSA) is 4.93 Å². The fourth-order valence-corrected chi connectivity index (χ4v) is 10.0. The van der Waals surface area contributed by atoms with Crippen molar-refractivity contribution in [3.63, 3.8) is 0 Å². The lowest BCUT2D eigenvalue weighted by molar-refractivity contribution is 0.661. The summed E-state index contributed by atoms with van der Waals surface area (Å²) < 4.78 is 2.45. The predicted octanol–water partition coefficient (Wildman–Crippen LogP) is 15.6. The summed E-state index contributed by atoms with van der Waals surface area (Å²) in [5, 5.41) is 10.2. The number of hydrogen-bond acceptors (Lipinski definition) is 0. The van der Waals surface area contributed by atoms with E-state index in [1.807, 2.05) is 0 Å². The van der Waals surface area contributed by atoms with E-state index in [0.29, 0.717) is 0 Å². The quantitative estimate of drug-likeness (QED) is 0.159. The van der Waals surface area contributed by atoms with Gasteiger partial charge in [0, 0.05) is 21.9 Å². The van der Waals surface area contributed by atoms with Gasteiger partial charge in [-0.25, -0.2) is 0 Å². The Bertz CT molecular complexity index is 3450. The molecule has 0 radical (unpaired) electrons. The van der Waals surface area contributed by atoms with Crippen molar-refractivity contribution >= 4 is 54.1 Å². The largest absolute Gasteiger partial charge is 0.309 e. The molecule has 58 heavy (non-hydrogen) atoms. The second-order valence-corrected chi connectivity index (χ2v) is 16.5. The van der Waals surface area contributed by atoms with Crippen molar-refractivity contribution in [1.82, 2.24) is 4.57 Å². The maximum Gasteiger partial charge on any atom is 0.0541 e. The highest BCUT2D eigenvalue weighted by atomic mass is 15.0. The molecule has 1 heterocycles. The molecule has 0 spiro atoms. The van der Waals surface area contributed by atoms with E-state index in [2.05, 4.69) is 219 Å². The Labute approximate surface area is 338 Å². The predicted molar refractivity (Wildman–Crippen MR) is 247 cm³/mol. The maximum atomic E-state index is 2.45. The van der Waals surface area contributed by atoms with Crippen LogP contribution in [0, 0.1) is 0 Å². The molecule has 1 aliphatic carbocycles. The third-order valence-electron chi connectivity index (χ3n) is 13.0. The van der Waals surface area contributed by atoms with Crippen LogP contribution >= 0.6 is 0 Å². The van der Waals surface area contributed by atoms with Gasteiger partial charge in [0.2, 0.25) is 0 Å².